The van der Waals surface area contributed by atoms with Gasteiger partial charge in [0.2, 0.25) is 0 Å². The third kappa shape index (κ3) is 26.0. The first-order valence-corrected chi connectivity index (χ1v) is 27.8. The number of hydrogen-bond donors (Lipinski definition) is 0. The van der Waals surface area contributed by atoms with Crippen LogP contribution in [0.1, 0.15) is 236 Å². The molecule has 71 heavy (non-hydrogen) atoms. The first kappa shape index (κ1) is 68.3. The Kier molecular flexibility index (Phi) is 33.3. The van der Waals surface area contributed by atoms with E-state index >= 15 is 0 Å². The van der Waals surface area contributed by atoms with Gasteiger partial charge in [0, 0.05) is 12.4 Å². The standard InChI is InChI=1S/C14H20.C14H16.C13H16.C10H14.C9H13N.5C2H6/c2*1-14(2,3)13-9-8-11-6-4-5-7-12(11)10-13;1-13(2,3)12-8-7-10-5-4-6-11(10)9-12;1-10(2,3)9-7-5-4-6-8-9;1-9(2,3)8-5-4-6-10-7-8;5*1-2/h8-10H,4-7H2,1-3H3;4-10H,1-3H3;4,6-9H,5H2,1-3H3;4-8H,1-3H3;4-7H,1-3H3;5*1-2H3. The van der Waals surface area contributed by atoms with E-state index < -0.39 is 0 Å². The Morgan fingerprint density at radius 2 is 0.746 bits per heavy atom. The highest BCUT2D eigenvalue weighted by Crippen LogP contribution is 2.30. The van der Waals surface area contributed by atoms with Crippen molar-refractivity contribution in [2.75, 3.05) is 0 Å². The van der Waals surface area contributed by atoms with E-state index in [1.807, 2.05) is 81.5 Å². The highest BCUT2D eigenvalue weighted by molar-refractivity contribution is 5.83. The zero-order valence-electron chi connectivity index (χ0n) is 50.8. The fraction of sp³-hybridized carbons (Fsp3) is 0.500. The van der Waals surface area contributed by atoms with E-state index in [0.29, 0.717) is 10.8 Å². The molecule has 0 unspecified atom stereocenters. The zero-order chi connectivity index (χ0) is 55.1. The van der Waals surface area contributed by atoms with Crippen LogP contribution in [0.5, 0.6) is 0 Å². The van der Waals surface area contributed by atoms with Gasteiger partial charge in [0.1, 0.15) is 0 Å². The quantitative estimate of drug-likeness (QED) is 0.148. The van der Waals surface area contributed by atoms with Crippen LogP contribution in [0.2, 0.25) is 0 Å². The summed E-state index contributed by atoms with van der Waals surface area (Å²) in [5.41, 5.74) is 14.4. The average Bonchev–Trinajstić information content (AvgIpc) is 3.86. The second kappa shape index (κ2) is 34.6. The molecule has 0 N–H and O–H groups in total. The number of benzene rings is 5. The van der Waals surface area contributed by atoms with E-state index in [0.717, 1.165) is 6.42 Å². The fourth-order valence-electron chi connectivity index (χ4n) is 7.32. The molecule has 2 aliphatic carbocycles. The second-order valence-electron chi connectivity index (χ2n) is 22.1. The van der Waals surface area contributed by atoms with Gasteiger partial charge in [0.15, 0.2) is 0 Å². The van der Waals surface area contributed by atoms with E-state index in [-0.39, 0.29) is 16.2 Å². The van der Waals surface area contributed by atoms with Crippen molar-refractivity contribution in [1.29, 1.82) is 0 Å². The topological polar surface area (TPSA) is 12.9 Å². The Morgan fingerprint density at radius 3 is 1.20 bits per heavy atom. The summed E-state index contributed by atoms with van der Waals surface area (Å²) in [6.07, 6.45) is 14.6. The normalized spacial score (nSPS) is 12.0. The van der Waals surface area contributed by atoms with Crippen molar-refractivity contribution in [1.82, 2.24) is 4.98 Å². The van der Waals surface area contributed by atoms with Crippen LogP contribution in [-0.4, -0.2) is 4.98 Å². The number of pyridine rings is 1. The van der Waals surface area contributed by atoms with Gasteiger partial charge in [0.05, 0.1) is 0 Å². The van der Waals surface area contributed by atoms with Gasteiger partial charge in [-0.25, -0.2) is 0 Å². The maximum absolute atomic E-state index is 4.05. The molecule has 1 heteroatoms. The molecular formula is C70H109N. The van der Waals surface area contributed by atoms with Gasteiger partial charge >= 0.3 is 0 Å². The molecule has 1 nitrogen and oxygen atoms in total. The van der Waals surface area contributed by atoms with Crippen molar-refractivity contribution in [2.24, 2.45) is 0 Å². The summed E-state index contributed by atoms with van der Waals surface area (Å²) < 4.78 is 0. The molecule has 0 spiro atoms. The summed E-state index contributed by atoms with van der Waals surface area (Å²) in [6, 6.07) is 43.8. The predicted molar refractivity (Wildman–Crippen MR) is 327 cm³/mol. The molecule has 1 heterocycles. The van der Waals surface area contributed by atoms with Gasteiger partial charge in [-0.2, -0.15) is 0 Å². The number of aryl methyl sites for hydroxylation is 2. The minimum atomic E-state index is 0.230. The first-order chi connectivity index (χ1) is 33.4. The van der Waals surface area contributed by atoms with Crippen LogP contribution in [0.25, 0.3) is 16.8 Å². The summed E-state index contributed by atoms with van der Waals surface area (Å²) in [6.45, 7) is 53.6. The molecule has 5 aromatic carbocycles. The van der Waals surface area contributed by atoms with E-state index in [9.17, 15) is 0 Å². The van der Waals surface area contributed by atoms with Gasteiger partial charge in [0.25, 0.3) is 0 Å². The van der Waals surface area contributed by atoms with Crippen LogP contribution in [-0.2, 0) is 46.3 Å². The second-order valence-corrected chi connectivity index (χ2v) is 22.1. The van der Waals surface area contributed by atoms with Crippen molar-refractivity contribution < 1.29 is 0 Å². The van der Waals surface area contributed by atoms with Crippen LogP contribution in [0, 0.1) is 0 Å². The Morgan fingerprint density at radius 1 is 0.338 bits per heavy atom. The molecule has 0 saturated heterocycles. The number of allylic oxidation sites excluding steroid dienone is 1. The minimum absolute atomic E-state index is 0.230. The predicted octanol–water partition coefficient (Wildman–Crippen LogP) is 22.0. The average molecular weight is 965 g/mol. The number of fused-ring (bicyclic) bond motifs is 3. The van der Waals surface area contributed by atoms with Gasteiger partial charge in [-0.05, 0) is 126 Å². The molecule has 0 fully saturated rings. The lowest BCUT2D eigenvalue weighted by atomic mass is 9.82. The smallest absolute Gasteiger partial charge is 0.0305 e. The van der Waals surface area contributed by atoms with Crippen molar-refractivity contribution in [2.45, 2.75) is 232 Å². The number of rotatable bonds is 0. The summed E-state index contributed by atoms with van der Waals surface area (Å²) in [4.78, 5) is 4.05. The van der Waals surface area contributed by atoms with Crippen LogP contribution in [0.4, 0.5) is 0 Å². The van der Waals surface area contributed by atoms with Crippen molar-refractivity contribution in [3.05, 3.63) is 190 Å². The summed E-state index contributed by atoms with van der Waals surface area (Å²) >= 11 is 0. The molecule has 0 atom stereocenters. The molecule has 0 radical (unpaired) electrons. The van der Waals surface area contributed by atoms with E-state index in [1.54, 1.807) is 17.3 Å². The minimum Gasteiger partial charge on any atom is -0.264 e. The molecule has 0 bridgehead atoms. The van der Waals surface area contributed by atoms with E-state index in [2.05, 4.69) is 236 Å². The third-order valence-corrected chi connectivity index (χ3v) is 11.6. The lowest BCUT2D eigenvalue weighted by Gasteiger charge is -2.23. The Hall–Kier alpha value is -4.75. The maximum Gasteiger partial charge on any atom is 0.0305 e. The highest BCUT2D eigenvalue weighted by atomic mass is 14.6. The molecule has 6 aromatic rings. The lowest BCUT2D eigenvalue weighted by Crippen LogP contribution is -2.13. The van der Waals surface area contributed by atoms with Crippen LogP contribution < -0.4 is 0 Å². The molecule has 0 aliphatic heterocycles. The first-order valence-electron chi connectivity index (χ1n) is 27.8. The largest absolute Gasteiger partial charge is 0.264 e. The molecule has 1 aromatic heterocycles. The van der Waals surface area contributed by atoms with Crippen molar-refractivity contribution in [3.8, 4) is 0 Å². The molecule has 8 rings (SSSR count). The van der Waals surface area contributed by atoms with Gasteiger partial charge < -0.3 is 0 Å². The third-order valence-electron chi connectivity index (χ3n) is 11.6. The number of aromatic nitrogens is 1. The van der Waals surface area contributed by atoms with Gasteiger partial charge in [-0.15, -0.1) is 0 Å². The fourth-order valence-corrected chi connectivity index (χ4v) is 7.32. The lowest BCUT2D eigenvalue weighted by molar-refractivity contribution is 0.585. The number of nitrogens with zero attached hydrogens (tertiary/aromatic N) is 1. The van der Waals surface area contributed by atoms with Crippen LogP contribution in [0.3, 0.4) is 0 Å². The van der Waals surface area contributed by atoms with Crippen molar-refractivity contribution in [3.63, 3.8) is 0 Å². The highest BCUT2D eigenvalue weighted by Gasteiger charge is 2.18. The van der Waals surface area contributed by atoms with Gasteiger partial charge in [-0.3, -0.25) is 4.98 Å². The molecular weight excluding hydrogens is 855 g/mol. The zero-order valence-corrected chi connectivity index (χ0v) is 50.8. The molecule has 394 valence electrons. The Bertz CT molecular complexity index is 2220. The summed E-state index contributed by atoms with van der Waals surface area (Å²) in [7, 11) is 0. The van der Waals surface area contributed by atoms with E-state index in [4.69, 9.17) is 0 Å². The van der Waals surface area contributed by atoms with Crippen LogP contribution >= 0.6 is 0 Å². The molecule has 2 aliphatic rings. The van der Waals surface area contributed by atoms with Crippen molar-refractivity contribution >= 4 is 16.8 Å². The molecule has 0 saturated carbocycles. The van der Waals surface area contributed by atoms with E-state index in [1.165, 1.54) is 75.4 Å². The Labute approximate surface area is 441 Å². The monoisotopic (exact) mass is 964 g/mol. The van der Waals surface area contributed by atoms with Crippen LogP contribution in [0.15, 0.2) is 140 Å². The molecule has 0 amide bonds. The summed E-state index contributed by atoms with van der Waals surface area (Å²) in [5, 5.41) is 2.65. The SMILES string of the molecule is CC.CC.CC.CC.CC.CC(C)(C)c1ccc2c(c1)C=CC2.CC(C)(C)c1ccc2c(c1)CCCC2.CC(C)(C)c1ccc2ccccc2c1.CC(C)(C)c1ccccc1.CC(C)(C)c1cccnc1. The maximum atomic E-state index is 4.05. The van der Waals surface area contributed by atoms with Gasteiger partial charge in [-0.1, -0.05) is 301 Å². The summed E-state index contributed by atoms with van der Waals surface area (Å²) in [5.74, 6) is 0. The number of hydrogen-bond acceptors (Lipinski definition) is 1. The Balaban J connectivity index is 0.